The smallest absolute Gasteiger partial charge is 0.121 e. The molecule has 0 bridgehead atoms. The minimum Gasteiger partial charge on any atom is -0.501 e. The van der Waals surface area contributed by atoms with E-state index in [0.717, 1.165) is 55.9 Å². The van der Waals surface area contributed by atoms with Crippen molar-refractivity contribution in [1.29, 1.82) is 5.26 Å². The number of nitriles is 1. The number of pyridine rings is 2. The van der Waals surface area contributed by atoms with Gasteiger partial charge in [0.15, 0.2) is 0 Å². The van der Waals surface area contributed by atoms with E-state index >= 15 is 0 Å². The zero-order valence-electron chi connectivity index (χ0n) is 32.8. The van der Waals surface area contributed by atoms with E-state index in [4.69, 9.17) is 14.7 Å². The van der Waals surface area contributed by atoms with Gasteiger partial charge in [-0.1, -0.05) is 137 Å². The van der Waals surface area contributed by atoms with Crippen LogP contribution in [0, 0.1) is 36.3 Å². The first kappa shape index (κ1) is 40.0. The molecule has 3 aromatic heterocycles. The van der Waals surface area contributed by atoms with E-state index < -0.39 is 8.07 Å². The maximum atomic E-state index is 8.97. The van der Waals surface area contributed by atoms with Crippen molar-refractivity contribution in [3.8, 4) is 39.7 Å². The van der Waals surface area contributed by atoms with E-state index in [1.165, 1.54) is 66.0 Å². The van der Waals surface area contributed by atoms with Crippen LogP contribution in [-0.2, 0) is 26.5 Å². The van der Waals surface area contributed by atoms with Gasteiger partial charge < -0.3 is 14.4 Å². The number of nitrogens with zero attached hydrogens (tertiary/aromatic N) is 3. The van der Waals surface area contributed by atoms with Gasteiger partial charge in [-0.2, -0.15) is 0 Å². The van der Waals surface area contributed by atoms with Gasteiger partial charge in [-0.05, 0) is 75.6 Å². The largest absolute Gasteiger partial charge is 0.501 e. The SMILES string of the molecule is C[Si](C)(C)c1cnc(-c2[c-]cc(C#N)cc2)cc1CC1CCCCC1.Cc1cnc(-c2[c-]ccc3c2oc2cc(-c4ccccc4)ccc23)cc1C(C)C.[Ir]. The van der Waals surface area contributed by atoms with Crippen LogP contribution in [0.25, 0.3) is 55.6 Å². The first-order chi connectivity index (χ1) is 26.1. The molecule has 4 aromatic carbocycles. The van der Waals surface area contributed by atoms with E-state index in [2.05, 4.69) is 130 Å². The Labute approximate surface area is 341 Å². The molecule has 1 aliphatic rings. The molecule has 0 saturated heterocycles. The van der Waals surface area contributed by atoms with Crippen molar-refractivity contribution < 1.29 is 24.5 Å². The minimum absolute atomic E-state index is 0. The maximum absolute atomic E-state index is 8.97. The molecule has 0 atom stereocenters. The Kier molecular flexibility index (Phi) is 12.7. The third-order valence-electron chi connectivity index (χ3n) is 10.8. The van der Waals surface area contributed by atoms with Gasteiger partial charge in [0, 0.05) is 44.0 Å². The monoisotopic (exact) mass is 916 g/mol. The molecule has 0 N–H and O–H groups in total. The second kappa shape index (κ2) is 17.4. The van der Waals surface area contributed by atoms with Crippen LogP contribution < -0.4 is 5.19 Å². The number of benzene rings is 4. The summed E-state index contributed by atoms with van der Waals surface area (Å²) < 4.78 is 6.36. The zero-order valence-corrected chi connectivity index (χ0v) is 36.2. The first-order valence-corrected chi connectivity index (χ1v) is 22.9. The van der Waals surface area contributed by atoms with E-state index in [1.54, 1.807) is 6.07 Å². The van der Waals surface area contributed by atoms with Gasteiger partial charge in [-0.25, -0.2) is 5.26 Å². The van der Waals surface area contributed by atoms with Gasteiger partial charge in [0.25, 0.3) is 0 Å². The minimum atomic E-state index is -1.42. The Bertz CT molecular complexity index is 2430. The van der Waals surface area contributed by atoms with Crippen molar-refractivity contribution in [2.75, 3.05) is 0 Å². The van der Waals surface area contributed by atoms with Gasteiger partial charge in [-0.3, -0.25) is 0 Å². The molecule has 0 spiro atoms. The van der Waals surface area contributed by atoms with E-state index in [0.29, 0.717) is 11.5 Å². The van der Waals surface area contributed by atoms with Crippen LogP contribution in [0.3, 0.4) is 0 Å². The summed E-state index contributed by atoms with van der Waals surface area (Å²) in [5.74, 6) is 1.27. The van der Waals surface area contributed by atoms with Crippen molar-refractivity contribution in [2.45, 2.75) is 84.9 Å². The number of hydrogen-bond acceptors (Lipinski definition) is 4. The van der Waals surface area contributed by atoms with Crippen LogP contribution in [0.4, 0.5) is 0 Å². The van der Waals surface area contributed by atoms with Gasteiger partial charge in [-0.15, -0.1) is 48.0 Å². The number of aromatic nitrogens is 2. The van der Waals surface area contributed by atoms with E-state index in [-0.39, 0.29) is 20.1 Å². The summed E-state index contributed by atoms with van der Waals surface area (Å²) in [6, 6.07) is 39.6. The predicted molar refractivity (Wildman–Crippen MR) is 227 cm³/mol. The van der Waals surface area contributed by atoms with Crippen molar-refractivity contribution in [2.24, 2.45) is 5.92 Å². The van der Waals surface area contributed by atoms with Crippen molar-refractivity contribution in [3.63, 3.8) is 0 Å². The Hall–Kier alpha value is -4.66. The zero-order chi connectivity index (χ0) is 37.8. The molecule has 4 nitrogen and oxygen atoms in total. The van der Waals surface area contributed by atoms with Gasteiger partial charge in [0.05, 0.1) is 13.7 Å². The van der Waals surface area contributed by atoms with Crippen LogP contribution in [-0.4, -0.2) is 18.0 Å². The molecule has 8 rings (SSSR count). The molecule has 3 heterocycles. The van der Waals surface area contributed by atoms with Crippen LogP contribution in [0.1, 0.15) is 74.1 Å². The Morgan fingerprint density at radius 1 is 0.836 bits per heavy atom. The molecule has 7 aromatic rings. The molecule has 1 saturated carbocycles. The fraction of sp³-hybridized carbons (Fsp3) is 0.286. The molecule has 55 heavy (non-hydrogen) atoms. The summed E-state index contributed by atoms with van der Waals surface area (Å²) in [6.45, 7) is 13.7. The molecule has 0 amide bonds. The number of aryl methyl sites for hydroxylation is 1. The Balaban J connectivity index is 0.000000186. The summed E-state index contributed by atoms with van der Waals surface area (Å²) in [4.78, 5) is 9.43. The molecular weight excluding hydrogens is 867 g/mol. The summed E-state index contributed by atoms with van der Waals surface area (Å²) in [5, 5.41) is 12.7. The quantitative estimate of drug-likeness (QED) is 0.118. The normalized spacial score (nSPS) is 13.3. The third-order valence-corrected chi connectivity index (χ3v) is 12.9. The first-order valence-electron chi connectivity index (χ1n) is 19.4. The van der Waals surface area contributed by atoms with E-state index in [1.807, 2.05) is 30.5 Å². The van der Waals surface area contributed by atoms with Crippen LogP contribution in [0.2, 0.25) is 19.6 Å². The van der Waals surface area contributed by atoms with Crippen LogP contribution >= 0.6 is 0 Å². The Morgan fingerprint density at radius 2 is 1.60 bits per heavy atom. The molecule has 1 aliphatic carbocycles. The number of hydrogen-bond donors (Lipinski definition) is 0. The Morgan fingerprint density at radius 3 is 2.29 bits per heavy atom. The van der Waals surface area contributed by atoms with Gasteiger partial charge in [0.1, 0.15) is 5.58 Å². The number of rotatable bonds is 7. The summed E-state index contributed by atoms with van der Waals surface area (Å²) in [6.07, 6.45) is 12.2. The fourth-order valence-electron chi connectivity index (χ4n) is 7.88. The number of fused-ring (bicyclic) bond motifs is 3. The van der Waals surface area contributed by atoms with E-state index in [9.17, 15) is 0 Å². The van der Waals surface area contributed by atoms with Crippen LogP contribution in [0.5, 0.6) is 0 Å². The van der Waals surface area contributed by atoms with Crippen molar-refractivity contribution in [1.82, 2.24) is 9.97 Å². The summed E-state index contributed by atoms with van der Waals surface area (Å²) in [5.41, 5.74) is 12.5. The average Bonchev–Trinajstić information content (AvgIpc) is 3.57. The summed E-state index contributed by atoms with van der Waals surface area (Å²) >= 11 is 0. The molecule has 281 valence electrons. The maximum Gasteiger partial charge on any atom is 0.121 e. The summed E-state index contributed by atoms with van der Waals surface area (Å²) in [7, 11) is -1.42. The topological polar surface area (TPSA) is 62.7 Å². The molecule has 1 radical (unpaired) electrons. The second-order valence-electron chi connectivity index (χ2n) is 16.1. The fourth-order valence-corrected chi connectivity index (χ4v) is 9.47. The molecule has 0 aliphatic heterocycles. The average molecular weight is 916 g/mol. The molecule has 1 fully saturated rings. The molecule has 6 heteroatoms. The van der Waals surface area contributed by atoms with Gasteiger partial charge >= 0.3 is 0 Å². The third kappa shape index (κ3) is 9.08. The molecular formula is C49H49IrN3OSi-2. The number of furan rings is 1. The second-order valence-corrected chi connectivity index (χ2v) is 21.2. The van der Waals surface area contributed by atoms with Crippen molar-refractivity contribution in [3.05, 3.63) is 138 Å². The van der Waals surface area contributed by atoms with Crippen molar-refractivity contribution >= 4 is 35.2 Å². The van der Waals surface area contributed by atoms with Gasteiger partial charge in [0.2, 0.25) is 0 Å². The standard InChI is InChI=1S/C27H22NO.C22H27N2Si.Ir/c1-17(2)24-15-25(28-16-18(24)3)23-11-7-10-22-21-13-12-20(14-26(21)29-27(22)23)19-8-5-4-6-9-19;1-25(2,3)22-16-24-21(19-11-9-18(15-23)10-12-19)14-20(22)13-17-7-5-4-6-8-17;/h4-10,12-17H,1-3H3;9-11,14,16-17H,4-8,13H2,1-3H3;/q2*-1;. The predicted octanol–water partition coefficient (Wildman–Crippen LogP) is 12.6. The molecule has 0 unspecified atom stereocenters. The van der Waals surface area contributed by atoms with Crippen LogP contribution in [0.15, 0.2) is 108 Å².